The van der Waals surface area contributed by atoms with Crippen molar-refractivity contribution < 1.29 is 4.42 Å². The summed E-state index contributed by atoms with van der Waals surface area (Å²) in [5, 5.41) is 14.5. The molecule has 2 aromatic rings. The molecule has 1 aromatic carbocycles. The largest absolute Gasteiger partial charge is 0.406 e. The van der Waals surface area contributed by atoms with Gasteiger partial charge in [-0.25, -0.2) is 0 Å². The van der Waals surface area contributed by atoms with Crippen molar-refractivity contribution in [1.29, 1.82) is 0 Å². The average Bonchev–Trinajstić information content (AvgIpc) is 2.78. The zero-order valence-electron chi connectivity index (χ0n) is 13.0. The number of nitrogens with zero attached hydrogens (tertiary/aromatic N) is 2. The molecule has 0 aliphatic rings. The zero-order valence-corrected chi connectivity index (χ0v) is 14.6. The van der Waals surface area contributed by atoms with Crippen LogP contribution in [0.25, 0.3) is 0 Å². The second-order valence-corrected chi connectivity index (χ2v) is 7.02. The van der Waals surface area contributed by atoms with Gasteiger partial charge in [-0.15, -0.1) is 5.10 Å². The van der Waals surface area contributed by atoms with Gasteiger partial charge in [0.1, 0.15) is 0 Å². The van der Waals surface area contributed by atoms with Gasteiger partial charge >= 0.3 is 6.01 Å². The van der Waals surface area contributed by atoms with E-state index in [0.29, 0.717) is 18.5 Å². The lowest BCUT2D eigenvalue weighted by Crippen LogP contribution is -2.35. The van der Waals surface area contributed by atoms with Gasteiger partial charge in [-0.1, -0.05) is 11.2 Å². The van der Waals surface area contributed by atoms with Gasteiger partial charge in [-0.3, -0.25) is 0 Å². The second-order valence-electron chi connectivity index (χ2n) is 6.17. The Hall–Kier alpha value is -1.40. The van der Waals surface area contributed by atoms with Gasteiger partial charge in [0.25, 0.3) is 0 Å². The first kappa shape index (κ1) is 16.0. The molecule has 0 atom stereocenters. The summed E-state index contributed by atoms with van der Waals surface area (Å²) >= 11 is 3.55. The van der Waals surface area contributed by atoms with Gasteiger partial charge in [-0.05, 0) is 67.7 Å². The zero-order chi connectivity index (χ0) is 15.6. The van der Waals surface area contributed by atoms with Gasteiger partial charge in [0, 0.05) is 10.0 Å². The molecule has 0 bridgehead atoms. The van der Waals surface area contributed by atoms with Crippen LogP contribution in [-0.4, -0.2) is 15.7 Å². The highest BCUT2D eigenvalue weighted by Gasteiger charge is 2.13. The predicted octanol–water partition coefficient (Wildman–Crippen LogP) is 4.08. The highest BCUT2D eigenvalue weighted by molar-refractivity contribution is 9.10. The molecular weight excluding hydrogens is 332 g/mol. The van der Waals surface area contributed by atoms with Gasteiger partial charge in [0.15, 0.2) is 0 Å². The van der Waals surface area contributed by atoms with E-state index in [1.807, 2.05) is 13.0 Å². The topological polar surface area (TPSA) is 63.0 Å². The summed E-state index contributed by atoms with van der Waals surface area (Å²) in [4.78, 5) is 0. The van der Waals surface area contributed by atoms with Crippen LogP contribution in [0.4, 0.5) is 11.7 Å². The number of halogens is 1. The van der Waals surface area contributed by atoms with Gasteiger partial charge < -0.3 is 15.1 Å². The third-order valence-electron chi connectivity index (χ3n) is 2.90. The van der Waals surface area contributed by atoms with Crippen molar-refractivity contribution in [2.45, 2.75) is 46.7 Å². The molecule has 1 heterocycles. The monoisotopic (exact) mass is 352 g/mol. The Morgan fingerprint density at radius 1 is 1.19 bits per heavy atom. The molecular formula is C15H21BrN4O. The van der Waals surface area contributed by atoms with E-state index in [2.05, 4.69) is 70.5 Å². The Kier molecular flexibility index (Phi) is 4.68. The number of aryl methyl sites for hydroxylation is 2. The van der Waals surface area contributed by atoms with Gasteiger partial charge in [0.2, 0.25) is 5.89 Å². The first-order chi connectivity index (χ1) is 9.74. The fourth-order valence-electron chi connectivity index (χ4n) is 1.90. The Bertz CT molecular complexity index is 608. The number of benzene rings is 1. The molecule has 0 saturated heterocycles. The maximum atomic E-state index is 5.61. The molecule has 1 aromatic heterocycles. The third-order valence-corrected chi connectivity index (χ3v) is 3.53. The summed E-state index contributed by atoms with van der Waals surface area (Å²) in [5.41, 5.74) is 3.28. The lowest BCUT2D eigenvalue weighted by Gasteiger charge is -2.18. The highest BCUT2D eigenvalue weighted by Crippen LogP contribution is 2.30. The predicted molar refractivity (Wildman–Crippen MR) is 87.8 cm³/mol. The molecule has 2 N–H and O–H groups in total. The molecule has 0 amide bonds. The smallest absolute Gasteiger partial charge is 0.320 e. The summed E-state index contributed by atoms with van der Waals surface area (Å²) in [6.07, 6.45) is 0. The van der Waals surface area contributed by atoms with Crippen LogP contribution in [0.2, 0.25) is 0 Å². The van der Waals surface area contributed by atoms with Crippen molar-refractivity contribution >= 4 is 27.6 Å². The van der Waals surface area contributed by atoms with Crippen LogP contribution in [0.3, 0.4) is 0 Å². The molecule has 0 fully saturated rings. The number of rotatable bonds is 4. The quantitative estimate of drug-likeness (QED) is 0.867. The number of hydrogen-bond donors (Lipinski definition) is 2. The summed E-state index contributed by atoms with van der Waals surface area (Å²) in [6.45, 7) is 10.9. The minimum Gasteiger partial charge on any atom is -0.406 e. The van der Waals surface area contributed by atoms with E-state index in [1.54, 1.807) is 0 Å². The van der Waals surface area contributed by atoms with Crippen molar-refractivity contribution in [3.05, 3.63) is 33.6 Å². The average molecular weight is 353 g/mol. The molecule has 0 aliphatic heterocycles. The summed E-state index contributed by atoms with van der Waals surface area (Å²) in [6, 6.07) is 4.55. The summed E-state index contributed by atoms with van der Waals surface area (Å²) < 4.78 is 6.59. The van der Waals surface area contributed by atoms with Crippen LogP contribution in [-0.2, 0) is 6.54 Å². The van der Waals surface area contributed by atoms with Gasteiger partial charge in [-0.2, -0.15) is 0 Å². The Labute approximate surface area is 133 Å². The van der Waals surface area contributed by atoms with Crippen LogP contribution < -0.4 is 10.6 Å². The summed E-state index contributed by atoms with van der Waals surface area (Å²) in [7, 11) is 0. The van der Waals surface area contributed by atoms with Crippen molar-refractivity contribution in [3.8, 4) is 0 Å². The molecule has 0 unspecified atom stereocenters. The molecule has 0 saturated carbocycles. The molecule has 21 heavy (non-hydrogen) atoms. The van der Waals surface area contributed by atoms with Crippen molar-refractivity contribution in [2.75, 3.05) is 5.32 Å². The molecule has 0 spiro atoms. The molecule has 2 rings (SSSR count). The number of anilines is 2. The number of nitrogens with one attached hydrogen (secondary N) is 2. The fourth-order valence-corrected chi connectivity index (χ4v) is 2.67. The number of hydrogen-bond acceptors (Lipinski definition) is 5. The van der Waals surface area contributed by atoms with E-state index in [1.165, 1.54) is 5.56 Å². The van der Waals surface area contributed by atoms with E-state index in [-0.39, 0.29) is 5.54 Å². The molecule has 0 aliphatic carbocycles. The number of aromatic nitrogens is 2. The van der Waals surface area contributed by atoms with E-state index >= 15 is 0 Å². The van der Waals surface area contributed by atoms with E-state index < -0.39 is 0 Å². The minimum absolute atomic E-state index is 0.0125. The van der Waals surface area contributed by atoms with Crippen LogP contribution in [0.5, 0.6) is 0 Å². The maximum Gasteiger partial charge on any atom is 0.320 e. The molecule has 114 valence electrons. The maximum absolute atomic E-state index is 5.61. The molecule has 0 radical (unpaired) electrons. The van der Waals surface area contributed by atoms with Crippen LogP contribution in [0.1, 0.15) is 37.8 Å². The van der Waals surface area contributed by atoms with E-state index in [4.69, 9.17) is 4.42 Å². The lowest BCUT2D eigenvalue weighted by atomic mass is 10.1. The van der Waals surface area contributed by atoms with Crippen LogP contribution in [0, 0.1) is 13.8 Å². The highest BCUT2D eigenvalue weighted by atomic mass is 79.9. The summed E-state index contributed by atoms with van der Waals surface area (Å²) in [5.74, 6) is 0.563. The standard InChI is InChI=1S/C15H21BrN4O/c1-9-6-10(2)13(11(16)7-9)18-14-20-19-12(21-14)8-17-15(3,4)5/h6-7,17H,8H2,1-5H3,(H,18,20). The Morgan fingerprint density at radius 2 is 1.90 bits per heavy atom. The molecule has 5 nitrogen and oxygen atoms in total. The van der Waals surface area contributed by atoms with Crippen molar-refractivity contribution in [3.63, 3.8) is 0 Å². The Balaban J connectivity index is 2.10. The van der Waals surface area contributed by atoms with Crippen molar-refractivity contribution in [1.82, 2.24) is 15.5 Å². The fraction of sp³-hybridized carbons (Fsp3) is 0.467. The van der Waals surface area contributed by atoms with E-state index in [9.17, 15) is 0 Å². The van der Waals surface area contributed by atoms with E-state index in [0.717, 1.165) is 15.7 Å². The van der Waals surface area contributed by atoms with Crippen LogP contribution >= 0.6 is 15.9 Å². The first-order valence-electron chi connectivity index (χ1n) is 6.86. The van der Waals surface area contributed by atoms with Crippen LogP contribution in [0.15, 0.2) is 21.0 Å². The first-order valence-corrected chi connectivity index (χ1v) is 7.65. The normalized spacial score (nSPS) is 11.7. The van der Waals surface area contributed by atoms with Gasteiger partial charge in [0.05, 0.1) is 12.2 Å². The second kappa shape index (κ2) is 6.15. The Morgan fingerprint density at radius 3 is 2.52 bits per heavy atom. The molecule has 6 heteroatoms. The van der Waals surface area contributed by atoms with Crippen molar-refractivity contribution in [2.24, 2.45) is 0 Å². The third kappa shape index (κ3) is 4.54. The minimum atomic E-state index is 0.0125. The SMILES string of the molecule is Cc1cc(C)c(Nc2nnc(CNC(C)(C)C)o2)c(Br)c1. The lowest BCUT2D eigenvalue weighted by molar-refractivity contribution is 0.384.